The molecular formula is C6H11ClN2O2. The molecule has 0 aromatic carbocycles. The van der Waals surface area contributed by atoms with E-state index >= 15 is 0 Å². The van der Waals surface area contributed by atoms with Gasteiger partial charge in [-0.3, -0.25) is 10.1 Å². The summed E-state index contributed by atoms with van der Waals surface area (Å²) in [6.07, 6.45) is 0.168. The van der Waals surface area contributed by atoms with E-state index in [0.717, 1.165) is 0 Å². The molecule has 0 atom stereocenters. The van der Waals surface area contributed by atoms with Crippen molar-refractivity contribution in [3.63, 3.8) is 0 Å². The first kappa shape index (κ1) is 10.2. The molecule has 0 aromatic heterocycles. The number of rotatable bonds is 2. The number of hydrogen-bond acceptors (Lipinski definition) is 2. The Labute approximate surface area is 70.5 Å². The summed E-state index contributed by atoms with van der Waals surface area (Å²) in [4.78, 5) is 22.8. The third kappa shape index (κ3) is 4.61. The maximum Gasteiger partial charge on any atom is 0.323 e. The average molecular weight is 179 g/mol. The van der Waals surface area contributed by atoms with Gasteiger partial charge in [-0.15, -0.1) is 11.6 Å². The van der Waals surface area contributed by atoms with Crippen molar-refractivity contribution in [3.8, 4) is 0 Å². The van der Waals surface area contributed by atoms with Crippen molar-refractivity contribution < 1.29 is 9.59 Å². The second kappa shape index (κ2) is 4.96. The highest BCUT2D eigenvalue weighted by Crippen LogP contribution is 1.85. The van der Waals surface area contributed by atoms with Gasteiger partial charge in [0.2, 0.25) is 5.91 Å². The van der Waals surface area contributed by atoms with E-state index in [1.165, 1.54) is 4.90 Å². The molecule has 0 aromatic rings. The average Bonchev–Trinajstić information content (AvgIpc) is 1.87. The van der Waals surface area contributed by atoms with Gasteiger partial charge in [0.05, 0.1) is 0 Å². The summed E-state index contributed by atoms with van der Waals surface area (Å²) in [6.45, 7) is 0. The highest BCUT2D eigenvalue weighted by Gasteiger charge is 2.07. The van der Waals surface area contributed by atoms with E-state index in [4.69, 9.17) is 11.6 Å². The summed E-state index contributed by atoms with van der Waals surface area (Å²) in [7, 11) is 3.12. The Kier molecular flexibility index (Phi) is 4.61. The minimum atomic E-state index is -0.417. The van der Waals surface area contributed by atoms with Crippen LogP contribution in [0.1, 0.15) is 6.42 Å². The summed E-state index contributed by atoms with van der Waals surface area (Å²) in [6, 6.07) is -0.417. The number of carbonyl (C=O) groups is 2. The molecule has 0 unspecified atom stereocenters. The molecule has 11 heavy (non-hydrogen) atoms. The van der Waals surface area contributed by atoms with Gasteiger partial charge >= 0.3 is 6.03 Å². The molecule has 4 nitrogen and oxygen atoms in total. The first-order chi connectivity index (χ1) is 5.07. The first-order valence-electron chi connectivity index (χ1n) is 3.15. The number of imide groups is 1. The molecule has 0 fully saturated rings. The molecule has 0 saturated carbocycles. The molecule has 0 aliphatic carbocycles. The summed E-state index contributed by atoms with van der Waals surface area (Å²) in [5.74, 6) is -0.120. The van der Waals surface area contributed by atoms with E-state index in [-0.39, 0.29) is 18.2 Å². The first-order valence-corrected chi connectivity index (χ1v) is 3.68. The van der Waals surface area contributed by atoms with E-state index in [0.29, 0.717) is 0 Å². The van der Waals surface area contributed by atoms with Crippen molar-refractivity contribution in [2.75, 3.05) is 20.0 Å². The fourth-order valence-corrected chi connectivity index (χ4v) is 0.551. The maximum absolute atomic E-state index is 10.8. The van der Waals surface area contributed by atoms with Crippen LogP contribution in [0.25, 0.3) is 0 Å². The zero-order valence-corrected chi connectivity index (χ0v) is 7.31. The van der Waals surface area contributed by atoms with Crippen LogP contribution >= 0.6 is 11.6 Å². The molecule has 0 aliphatic rings. The van der Waals surface area contributed by atoms with Gasteiger partial charge in [-0.1, -0.05) is 0 Å². The van der Waals surface area contributed by atoms with Crippen LogP contribution in [-0.4, -0.2) is 36.8 Å². The van der Waals surface area contributed by atoms with E-state index < -0.39 is 6.03 Å². The topological polar surface area (TPSA) is 49.4 Å². The predicted octanol–water partition coefficient (Wildman–Crippen LogP) is 0.413. The van der Waals surface area contributed by atoms with Crippen LogP contribution in [-0.2, 0) is 4.79 Å². The van der Waals surface area contributed by atoms with Gasteiger partial charge in [0.15, 0.2) is 0 Å². The quantitative estimate of drug-likeness (QED) is 0.623. The Morgan fingerprint density at radius 1 is 1.45 bits per heavy atom. The second-order valence-electron chi connectivity index (χ2n) is 2.19. The zero-order chi connectivity index (χ0) is 8.85. The van der Waals surface area contributed by atoms with E-state index in [1.807, 2.05) is 0 Å². The van der Waals surface area contributed by atoms with Crippen LogP contribution in [0.15, 0.2) is 0 Å². The maximum atomic E-state index is 10.8. The molecule has 5 heteroatoms. The lowest BCUT2D eigenvalue weighted by Crippen LogP contribution is -2.38. The number of amides is 3. The Morgan fingerprint density at radius 3 is 2.36 bits per heavy atom. The van der Waals surface area contributed by atoms with Crippen molar-refractivity contribution in [2.45, 2.75) is 6.42 Å². The van der Waals surface area contributed by atoms with Gasteiger partial charge in [-0.2, -0.15) is 0 Å². The van der Waals surface area contributed by atoms with Crippen LogP contribution in [0.2, 0.25) is 0 Å². The summed E-state index contributed by atoms with van der Waals surface area (Å²) < 4.78 is 0. The van der Waals surface area contributed by atoms with Crippen LogP contribution < -0.4 is 5.32 Å². The SMILES string of the molecule is CN(C)C(=O)NC(=O)CCCl. The highest BCUT2D eigenvalue weighted by atomic mass is 35.5. The van der Waals surface area contributed by atoms with Gasteiger partial charge in [0.1, 0.15) is 0 Å². The van der Waals surface area contributed by atoms with Gasteiger partial charge < -0.3 is 4.90 Å². The third-order valence-corrected chi connectivity index (χ3v) is 1.16. The van der Waals surface area contributed by atoms with Gasteiger partial charge in [0, 0.05) is 26.4 Å². The minimum absolute atomic E-state index is 0.168. The predicted molar refractivity (Wildman–Crippen MR) is 42.6 cm³/mol. The monoisotopic (exact) mass is 178 g/mol. The fraction of sp³-hybridized carbons (Fsp3) is 0.667. The number of alkyl halides is 1. The Morgan fingerprint density at radius 2 is 2.00 bits per heavy atom. The van der Waals surface area contributed by atoms with Crippen molar-refractivity contribution in [2.24, 2.45) is 0 Å². The normalized spacial score (nSPS) is 9.00. The van der Waals surface area contributed by atoms with Crippen molar-refractivity contribution in [3.05, 3.63) is 0 Å². The Balaban J connectivity index is 3.67. The van der Waals surface area contributed by atoms with E-state index in [9.17, 15) is 9.59 Å². The summed E-state index contributed by atoms with van der Waals surface area (Å²) >= 11 is 5.27. The molecule has 3 amide bonds. The Hall–Kier alpha value is -0.770. The fourth-order valence-electron chi connectivity index (χ4n) is 0.379. The third-order valence-electron chi connectivity index (χ3n) is 0.974. The number of nitrogens with one attached hydrogen (secondary N) is 1. The molecule has 0 bridgehead atoms. The van der Waals surface area contributed by atoms with Crippen molar-refractivity contribution in [1.29, 1.82) is 0 Å². The van der Waals surface area contributed by atoms with Gasteiger partial charge in [-0.05, 0) is 0 Å². The van der Waals surface area contributed by atoms with Crippen LogP contribution in [0.5, 0.6) is 0 Å². The van der Waals surface area contributed by atoms with Gasteiger partial charge in [0.25, 0.3) is 0 Å². The summed E-state index contributed by atoms with van der Waals surface area (Å²) in [5, 5.41) is 2.14. The molecule has 0 saturated heterocycles. The number of carbonyl (C=O) groups excluding carboxylic acids is 2. The Bertz CT molecular complexity index is 159. The molecular weight excluding hydrogens is 168 g/mol. The highest BCUT2D eigenvalue weighted by molar-refractivity contribution is 6.19. The molecule has 64 valence electrons. The zero-order valence-electron chi connectivity index (χ0n) is 6.56. The van der Waals surface area contributed by atoms with Crippen molar-refractivity contribution >= 4 is 23.5 Å². The van der Waals surface area contributed by atoms with Crippen LogP contribution in [0.4, 0.5) is 4.79 Å². The number of urea groups is 1. The lowest BCUT2D eigenvalue weighted by molar-refractivity contribution is -0.119. The molecule has 1 N–H and O–H groups in total. The molecule has 0 aliphatic heterocycles. The largest absolute Gasteiger partial charge is 0.331 e. The molecule has 0 spiro atoms. The van der Waals surface area contributed by atoms with Gasteiger partial charge in [-0.25, -0.2) is 4.79 Å². The van der Waals surface area contributed by atoms with E-state index in [2.05, 4.69) is 5.32 Å². The standard InChI is InChI=1S/C6H11ClN2O2/c1-9(2)6(11)8-5(10)3-4-7/h3-4H2,1-2H3,(H,8,10,11). The molecule has 0 heterocycles. The van der Waals surface area contributed by atoms with Crippen molar-refractivity contribution in [1.82, 2.24) is 10.2 Å². The van der Waals surface area contributed by atoms with E-state index in [1.54, 1.807) is 14.1 Å². The summed E-state index contributed by atoms with van der Waals surface area (Å²) in [5.41, 5.74) is 0. The number of hydrogen-bond donors (Lipinski definition) is 1. The smallest absolute Gasteiger partial charge is 0.323 e. The molecule has 0 radical (unpaired) electrons. The number of nitrogens with zero attached hydrogens (tertiary/aromatic N) is 1. The lowest BCUT2D eigenvalue weighted by atomic mass is 10.4. The number of halogens is 1. The lowest BCUT2D eigenvalue weighted by Gasteiger charge is -2.09. The van der Waals surface area contributed by atoms with Crippen LogP contribution in [0, 0.1) is 0 Å². The van der Waals surface area contributed by atoms with Crippen LogP contribution in [0.3, 0.4) is 0 Å². The molecule has 0 rings (SSSR count). The minimum Gasteiger partial charge on any atom is -0.331 e. The second-order valence-corrected chi connectivity index (χ2v) is 2.56.